The van der Waals surface area contributed by atoms with Gasteiger partial charge in [-0.1, -0.05) is 6.07 Å². The van der Waals surface area contributed by atoms with Crippen LogP contribution in [-0.4, -0.2) is 31.8 Å². The minimum absolute atomic E-state index is 0.0540. The standard InChI is InChI=1S/C23H17F4N3O4S/c1-35(32,33)29-15-4-2-12-8-21(22(28)31)30(20(12)10-15)16-6-13(7-17(11-16)34-23(26)27)18-5-3-14(24)9-19(18)25/h2-11,23,29H,1H3,(H2,28,31). The van der Waals surface area contributed by atoms with Crippen LogP contribution in [0.4, 0.5) is 23.2 Å². The number of sulfonamides is 1. The fourth-order valence-electron chi connectivity index (χ4n) is 3.70. The van der Waals surface area contributed by atoms with E-state index >= 15 is 0 Å². The van der Waals surface area contributed by atoms with E-state index in [4.69, 9.17) is 5.73 Å². The predicted molar refractivity (Wildman–Crippen MR) is 122 cm³/mol. The van der Waals surface area contributed by atoms with E-state index in [0.29, 0.717) is 17.0 Å². The first-order valence-electron chi connectivity index (χ1n) is 9.90. The molecular weight excluding hydrogens is 490 g/mol. The number of halogens is 4. The maximum atomic E-state index is 14.5. The van der Waals surface area contributed by atoms with E-state index in [0.717, 1.165) is 24.5 Å². The summed E-state index contributed by atoms with van der Waals surface area (Å²) in [4.78, 5) is 12.2. The van der Waals surface area contributed by atoms with Crippen molar-refractivity contribution in [2.75, 3.05) is 11.0 Å². The van der Waals surface area contributed by atoms with Crippen molar-refractivity contribution < 1.29 is 35.5 Å². The van der Waals surface area contributed by atoms with Crippen LogP contribution in [0.3, 0.4) is 0 Å². The van der Waals surface area contributed by atoms with Crippen molar-refractivity contribution in [1.29, 1.82) is 0 Å². The average Bonchev–Trinajstić information content (AvgIpc) is 3.11. The van der Waals surface area contributed by atoms with E-state index in [1.807, 2.05) is 0 Å². The molecule has 3 aromatic carbocycles. The van der Waals surface area contributed by atoms with Gasteiger partial charge in [0.15, 0.2) is 0 Å². The molecular formula is C23H17F4N3O4S. The van der Waals surface area contributed by atoms with Gasteiger partial charge in [-0.05, 0) is 48.0 Å². The Morgan fingerprint density at radius 2 is 1.77 bits per heavy atom. The second kappa shape index (κ2) is 8.95. The summed E-state index contributed by atoms with van der Waals surface area (Å²) < 4.78 is 85.5. The third kappa shape index (κ3) is 5.22. The Balaban J connectivity index is 2.00. The number of hydrogen-bond donors (Lipinski definition) is 2. The Bertz CT molecular complexity index is 1570. The molecule has 1 aromatic heterocycles. The molecule has 12 heteroatoms. The molecule has 0 aliphatic heterocycles. The summed E-state index contributed by atoms with van der Waals surface area (Å²) in [5, 5.41) is 0.479. The lowest BCUT2D eigenvalue weighted by molar-refractivity contribution is -0.0498. The van der Waals surface area contributed by atoms with Gasteiger partial charge in [-0.15, -0.1) is 0 Å². The zero-order chi connectivity index (χ0) is 25.5. The summed E-state index contributed by atoms with van der Waals surface area (Å²) >= 11 is 0. The number of rotatable bonds is 7. The summed E-state index contributed by atoms with van der Waals surface area (Å²) in [6.07, 6.45) is 0.958. The quantitative estimate of drug-likeness (QED) is 0.356. The number of hydrogen-bond acceptors (Lipinski definition) is 4. The zero-order valence-electron chi connectivity index (χ0n) is 17.9. The summed E-state index contributed by atoms with van der Waals surface area (Å²) in [5.41, 5.74) is 5.98. The maximum absolute atomic E-state index is 14.5. The van der Waals surface area contributed by atoms with Crippen LogP contribution in [0.2, 0.25) is 0 Å². The molecule has 0 saturated carbocycles. The van der Waals surface area contributed by atoms with Crippen LogP contribution < -0.4 is 15.2 Å². The third-order valence-electron chi connectivity index (χ3n) is 4.98. The smallest absolute Gasteiger partial charge is 0.387 e. The normalized spacial score (nSPS) is 11.7. The molecule has 3 N–H and O–H groups in total. The van der Waals surface area contributed by atoms with Crippen LogP contribution in [0.1, 0.15) is 10.5 Å². The van der Waals surface area contributed by atoms with Gasteiger partial charge in [0.2, 0.25) is 10.0 Å². The second-order valence-corrected chi connectivity index (χ2v) is 9.34. The molecule has 0 aliphatic carbocycles. The minimum atomic E-state index is -3.63. The topological polar surface area (TPSA) is 103 Å². The van der Waals surface area contributed by atoms with Gasteiger partial charge in [0.1, 0.15) is 23.1 Å². The number of nitrogens with zero attached hydrogens (tertiary/aromatic N) is 1. The average molecular weight is 507 g/mol. The second-order valence-electron chi connectivity index (χ2n) is 7.60. The largest absolute Gasteiger partial charge is 0.435 e. The van der Waals surface area contributed by atoms with Gasteiger partial charge in [-0.3, -0.25) is 9.52 Å². The highest BCUT2D eigenvalue weighted by atomic mass is 32.2. The number of primary amides is 1. The molecule has 1 heterocycles. The van der Waals surface area contributed by atoms with Crippen molar-refractivity contribution in [2.24, 2.45) is 5.73 Å². The van der Waals surface area contributed by atoms with Crippen LogP contribution >= 0.6 is 0 Å². The molecule has 0 spiro atoms. The van der Waals surface area contributed by atoms with E-state index in [9.17, 15) is 30.8 Å². The van der Waals surface area contributed by atoms with Crippen LogP contribution in [0.25, 0.3) is 27.7 Å². The lowest BCUT2D eigenvalue weighted by atomic mass is 10.0. The Morgan fingerprint density at radius 1 is 1.03 bits per heavy atom. The van der Waals surface area contributed by atoms with Crippen molar-refractivity contribution in [3.8, 4) is 22.6 Å². The number of carbonyl (C=O) groups is 1. The molecule has 0 saturated heterocycles. The Hall–Kier alpha value is -4.06. The lowest BCUT2D eigenvalue weighted by Gasteiger charge is -2.15. The number of benzene rings is 3. The number of nitrogens with two attached hydrogens (primary N) is 1. The van der Waals surface area contributed by atoms with Gasteiger partial charge >= 0.3 is 6.61 Å². The summed E-state index contributed by atoms with van der Waals surface area (Å²) in [6.45, 7) is -3.21. The molecule has 0 unspecified atom stereocenters. The van der Waals surface area contributed by atoms with Gasteiger partial charge in [-0.25, -0.2) is 17.2 Å². The van der Waals surface area contributed by atoms with Crippen molar-refractivity contribution in [3.05, 3.63) is 78.0 Å². The number of amides is 1. The molecule has 0 fully saturated rings. The van der Waals surface area contributed by atoms with Crippen LogP contribution in [0.15, 0.2) is 60.7 Å². The minimum Gasteiger partial charge on any atom is -0.435 e. The van der Waals surface area contributed by atoms with Gasteiger partial charge in [0.25, 0.3) is 5.91 Å². The van der Waals surface area contributed by atoms with E-state index in [2.05, 4.69) is 9.46 Å². The molecule has 7 nitrogen and oxygen atoms in total. The third-order valence-corrected chi connectivity index (χ3v) is 5.58. The fourth-order valence-corrected chi connectivity index (χ4v) is 4.26. The van der Waals surface area contributed by atoms with Crippen LogP contribution in [0.5, 0.6) is 5.75 Å². The molecule has 0 aliphatic rings. The van der Waals surface area contributed by atoms with Crippen molar-refractivity contribution in [2.45, 2.75) is 6.61 Å². The molecule has 0 radical (unpaired) electrons. The first kappa shape index (κ1) is 24.1. The molecule has 1 amide bonds. The first-order valence-corrected chi connectivity index (χ1v) is 11.8. The predicted octanol–water partition coefficient (Wildman–Crippen LogP) is 4.65. The van der Waals surface area contributed by atoms with Crippen LogP contribution in [-0.2, 0) is 10.0 Å². The van der Waals surface area contributed by atoms with E-state index < -0.39 is 34.2 Å². The van der Waals surface area contributed by atoms with E-state index in [-0.39, 0.29) is 33.9 Å². The SMILES string of the molecule is CS(=O)(=O)Nc1ccc2cc(C(N)=O)n(-c3cc(OC(F)F)cc(-c4ccc(F)cc4F)c3)c2c1. The van der Waals surface area contributed by atoms with Crippen LogP contribution in [0, 0.1) is 11.6 Å². The molecule has 0 atom stereocenters. The number of ether oxygens (including phenoxy) is 1. The van der Waals surface area contributed by atoms with Crippen molar-refractivity contribution in [3.63, 3.8) is 0 Å². The van der Waals surface area contributed by atoms with Crippen molar-refractivity contribution >= 4 is 32.5 Å². The van der Waals surface area contributed by atoms with Gasteiger partial charge in [-0.2, -0.15) is 8.78 Å². The van der Waals surface area contributed by atoms with E-state index in [1.54, 1.807) is 0 Å². The molecule has 35 heavy (non-hydrogen) atoms. The maximum Gasteiger partial charge on any atom is 0.387 e. The molecule has 4 aromatic rings. The summed E-state index contributed by atoms with van der Waals surface area (Å²) in [6, 6.07) is 12.3. The highest BCUT2D eigenvalue weighted by Crippen LogP contribution is 2.34. The summed E-state index contributed by atoms with van der Waals surface area (Å²) in [7, 11) is -3.63. The first-order chi connectivity index (χ1) is 16.4. The summed E-state index contributed by atoms with van der Waals surface area (Å²) in [5.74, 6) is -3.01. The lowest BCUT2D eigenvalue weighted by Crippen LogP contribution is -2.16. The number of aromatic nitrogens is 1. The number of fused-ring (bicyclic) bond motifs is 1. The number of anilines is 1. The van der Waals surface area contributed by atoms with Crippen molar-refractivity contribution in [1.82, 2.24) is 4.57 Å². The number of nitrogens with one attached hydrogen (secondary N) is 1. The highest BCUT2D eigenvalue weighted by Gasteiger charge is 2.19. The Labute approximate surface area is 196 Å². The highest BCUT2D eigenvalue weighted by molar-refractivity contribution is 7.92. The van der Waals surface area contributed by atoms with Gasteiger partial charge < -0.3 is 15.0 Å². The number of alkyl halides is 2. The van der Waals surface area contributed by atoms with Gasteiger partial charge in [0, 0.05) is 23.1 Å². The molecule has 182 valence electrons. The Morgan fingerprint density at radius 3 is 2.40 bits per heavy atom. The van der Waals surface area contributed by atoms with E-state index in [1.165, 1.54) is 41.0 Å². The zero-order valence-corrected chi connectivity index (χ0v) is 18.7. The monoisotopic (exact) mass is 507 g/mol. The molecule has 0 bridgehead atoms. The molecule has 4 rings (SSSR count). The number of carbonyl (C=O) groups excluding carboxylic acids is 1. The fraction of sp³-hybridized carbons (Fsp3) is 0.0870. The van der Waals surface area contributed by atoms with Gasteiger partial charge in [0.05, 0.1) is 23.1 Å². The Kier molecular flexibility index (Phi) is 6.15.